The Morgan fingerprint density at radius 1 is 1.44 bits per heavy atom. The number of nitrogens with zero attached hydrogens (tertiary/aromatic N) is 3. The molecule has 90 valence electrons. The molecule has 0 aromatic carbocycles. The van der Waals surface area contributed by atoms with Crippen molar-refractivity contribution in [3.05, 3.63) is 11.2 Å². The number of halogens is 1. The summed E-state index contributed by atoms with van der Waals surface area (Å²) in [4.78, 5) is 10.6. The molecule has 0 unspecified atom stereocenters. The van der Waals surface area contributed by atoms with Crippen LogP contribution in [0.3, 0.4) is 0 Å². The van der Waals surface area contributed by atoms with Crippen molar-refractivity contribution >= 4 is 23.4 Å². The summed E-state index contributed by atoms with van der Waals surface area (Å²) in [6.07, 6.45) is 3.94. The Morgan fingerprint density at radius 2 is 2.19 bits per heavy atom. The summed E-state index contributed by atoms with van der Waals surface area (Å²) in [7, 11) is 2.00. The maximum atomic E-state index is 6.08. The fraction of sp³-hybridized carbons (Fsp3) is 0.636. The highest BCUT2D eigenvalue weighted by Crippen LogP contribution is 2.22. The zero-order valence-electron chi connectivity index (χ0n) is 10.1. The molecule has 0 saturated carbocycles. The normalized spacial score (nSPS) is 10.2. The molecule has 1 aromatic rings. The molecule has 0 amide bonds. The Hall–Kier alpha value is -1.03. The summed E-state index contributed by atoms with van der Waals surface area (Å²) in [6.45, 7) is 5.94. The first-order valence-corrected chi connectivity index (χ1v) is 6.04. The summed E-state index contributed by atoms with van der Waals surface area (Å²) in [5, 5.41) is 3.68. The van der Waals surface area contributed by atoms with Gasteiger partial charge in [-0.25, -0.2) is 4.98 Å². The summed E-state index contributed by atoms with van der Waals surface area (Å²) >= 11 is 6.08. The Kier molecular flexibility index (Phi) is 5.32. The highest BCUT2D eigenvalue weighted by atomic mass is 35.5. The zero-order chi connectivity index (χ0) is 12.0. The number of nitrogens with one attached hydrogen (secondary N) is 1. The van der Waals surface area contributed by atoms with Gasteiger partial charge in [0.1, 0.15) is 5.02 Å². The Labute approximate surface area is 102 Å². The molecule has 0 aliphatic carbocycles. The monoisotopic (exact) mass is 242 g/mol. The SMILES string of the molecule is CCCCN(C)c1nc(NCC)ncc1Cl. The van der Waals surface area contributed by atoms with E-state index in [0.29, 0.717) is 11.0 Å². The van der Waals surface area contributed by atoms with Gasteiger partial charge < -0.3 is 10.2 Å². The van der Waals surface area contributed by atoms with Gasteiger partial charge in [0.2, 0.25) is 5.95 Å². The van der Waals surface area contributed by atoms with Crippen molar-refractivity contribution in [2.24, 2.45) is 0 Å². The first kappa shape index (κ1) is 13.0. The summed E-state index contributed by atoms with van der Waals surface area (Å²) in [5.41, 5.74) is 0. The van der Waals surface area contributed by atoms with Crippen molar-refractivity contribution in [1.29, 1.82) is 0 Å². The molecule has 0 atom stereocenters. The minimum atomic E-state index is 0.597. The van der Waals surface area contributed by atoms with Crippen LogP contribution in [0.25, 0.3) is 0 Å². The molecule has 1 heterocycles. The zero-order valence-corrected chi connectivity index (χ0v) is 10.9. The lowest BCUT2D eigenvalue weighted by Crippen LogP contribution is -2.20. The molecular weight excluding hydrogens is 224 g/mol. The second kappa shape index (κ2) is 6.53. The molecule has 0 bridgehead atoms. The third-order valence-electron chi connectivity index (χ3n) is 2.27. The molecule has 16 heavy (non-hydrogen) atoms. The van der Waals surface area contributed by atoms with E-state index in [-0.39, 0.29) is 0 Å². The van der Waals surface area contributed by atoms with Crippen LogP contribution in [0.15, 0.2) is 6.20 Å². The predicted octanol–water partition coefficient (Wildman–Crippen LogP) is 2.80. The lowest BCUT2D eigenvalue weighted by Gasteiger charge is -2.19. The largest absolute Gasteiger partial charge is 0.358 e. The molecule has 1 rings (SSSR count). The van der Waals surface area contributed by atoms with Gasteiger partial charge in [0.15, 0.2) is 5.82 Å². The van der Waals surface area contributed by atoms with E-state index in [2.05, 4.69) is 27.1 Å². The van der Waals surface area contributed by atoms with Crippen molar-refractivity contribution in [3.63, 3.8) is 0 Å². The lowest BCUT2D eigenvalue weighted by molar-refractivity contribution is 0.758. The van der Waals surface area contributed by atoms with Gasteiger partial charge in [-0.1, -0.05) is 24.9 Å². The number of rotatable bonds is 6. The van der Waals surface area contributed by atoms with Crippen molar-refractivity contribution < 1.29 is 0 Å². The molecular formula is C11H19ClN4. The van der Waals surface area contributed by atoms with Crippen LogP contribution in [-0.4, -0.2) is 30.1 Å². The molecule has 0 aliphatic rings. The molecule has 0 radical (unpaired) electrons. The van der Waals surface area contributed by atoms with E-state index >= 15 is 0 Å². The van der Waals surface area contributed by atoms with Crippen LogP contribution in [0, 0.1) is 0 Å². The molecule has 1 N–H and O–H groups in total. The van der Waals surface area contributed by atoms with E-state index in [1.165, 1.54) is 0 Å². The fourth-order valence-corrected chi connectivity index (χ4v) is 1.61. The van der Waals surface area contributed by atoms with Crippen LogP contribution in [-0.2, 0) is 0 Å². The van der Waals surface area contributed by atoms with Crippen LogP contribution >= 0.6 is 11.6 Å². The van der Waals surface area contributed by atoms with Crippen LogP contribution in [0.4, 0.5) is 11.8 Å². The van der Waals surface area contributed by atoms with Gasteiger partial charge in [0, 0.05) is 20.1 Å². The quantitative estimate of drug-likeness (QED) is 0.833. The van der Waals surface area contributed by atoms with Gasteiger partial charge in [0.25, 0.3) is 0 Å². The highest BCUT2D eigenvalue weighted by Gasteiger charge is 2.09. The van der Waals surface area contributed by atoms with Crippen molar-refractivity contribution in [3.8, 4) is 0 Å². The lowest BCUT2D eigenvalue weighted by atomic mass is 10.3. The fourth-order valence-electron chi connectivity index (χ4n) is 1.37. The minimum absolute atomic E-state index is 0.597. The van der Waals surface area contributed by atoms with Crippen molar-refractivity contribution in [2.45, 2.75) is 26.7 Å². The second-order valence-corrected chi connectivity index (χ2v) is 4.08. The molecule has 0 aliphatic heterocycles. The van der Waals surface area contributed by atoms with E-state index in [4.69, 9.17) is 11.6 Å². The van der Waals surface area contributed by atoms with Gasteiger partial charge in [0.05, 0.1) is 6.20 Å². The van der Waals surface area contributed by atoms with Gasteiger partial charge >= 0.3 is 0 Å². The molecule has 0 spiro atoms. The smallest absolute Gasteiger partial charge is 0.224 e. The van der Waals surface area contributed by atoms with Crippen LogP contribution in [0.2, 0.25) is 5.02 Å². The molecule has 5 heteroatoms. The van der Waals surface area contributed by atoms with E-state index in [0.717, 1.165) is 31.7 Å². The Morgan fingerprint density at radius 3 is 2.81 bits per heavy atom. The van der Waals surface area contributed by atoms with E-state index < -0.39 is 0 Å². The average molecular weight is 243 g/mol. The summed E-state index contributed by atoms with van der Waals surface area (Å²) in [6, 6.07) is 0. The topological polar surface area (TPSA) is 41.1 Å². The minimum Gasteiger partial charge on any atom is -0.358 e. The van der Waals surface area contributed by atoms with E-state index in [1.807, 2.05) is 14.0 Å². The molecule has 0 saturated heterocycles. The van der Waals surface area contributed by atoms with Gasteiger partial charge in [-0.05, 0) is 13.3 Å². The standard InChI is InChI=1S/C11H19ClN4/c1-4-6-7-16(3)10-9(12)8-14-11(15-10)13-5-2/h8H,4-7H2,1-3H3,(H,13,14,15). The number of unbranched alkanes of at least 4 members (excludes halogenated alkanes) is 1. The molecule has 0 fully saturated rings. The maximum Gasteiger partial charge on any atom is 0.224 e. The van der Waals surface area contributed by atoms with E-state index in [9.17, 15) is 0 Å². The number of anilines is 2. The van der Waals surface area contributed by atoms with Crippen LogP contribution in [0.1, 0.15) is 26.7 Å². The number of hydrogen-bond acceptors (Lipinski definition) is 4. The summed E-state index contributed by atoms with van der Waals surface area (Å²) < 4.78 is 0. The molecule has 1 aromatic heterocycles. The van der Waals surface area contributed by atoms with Gasteiger partial charge in [-0.3, -0.25) is 0 Å². The number of aromatic nitrogens is 2. The van der Waals surface area contributed by atoms with Gasteiger partial charge in [-0.2, -0.15) is 4.98 Å². The average Bonchev–Trinajstić information content (AvgIpc) is 2.29. The van der Waals surface area contributed by atoms with Crippen LogP contribution < -0.4 is 10.2 Å². The first-order chi connectivity index (χ1) is 7.69. The van der Waals surface area contributed by atoms with Gasteiger partial charge in [-0.15, -0.1) is 0 Å². The van der Waals surface area contributed by atoms with Crippen LogP contribution in [0.5, 0.6) is 0 Å². The molecule has 4 nitrogen and oxygen atoms in total. The van der Waals surface area contributed by atoms with Crippen molar-refractivity contribution in [1.82, 2.24) is 9.97 Å². The Bertz CT molecular complexity index is 330. The third kappa shape index (κ3) is 3.52. The second-order valence-electron chi connectivity index (χ2n) is 3.67. The third-order valence-corrected chi connectivity index (χ3v) is 2.54. The first-order valence-electron chi connectivity index (χ1n) is 5.66. The van der Waals surface area contributed by atoms with Crippen molar-refractivity contribution in [2.75, 3.05) is 30.4 Å². The number of hydrogen-bond donors (Lipinski definition) is 1. The summed E-state index contributed by atoms with van der Waals surface area (Å²) in [5.74, 6) is 1.42. The van der Waals surface area contributed by atoms with E-state index in [1.54, 1.807) is 6.20 Å². The predicted molar refractivity (Wildman–Crippen MR) is 69.4 cm³/mol. The highest BCUT2D eigenvalue weighted by molar-refractivity contribution is 6.32. The Balaban J connectivity index is 2.79. The maximum absolute atomic E-state index is 6.08.